The Bertz CT molecular complexity index is 634. The maximum absolute atomic E-state index is 13.1. The van der Waals surface area contributed by atoms with Gasteiger partial charge in [-0.2, -0.15) is 5.26 Å². The van der Waals surface area contributed by atoms with E-state index in [0.29, 0.717) is 17.1 Å². The van der Waals surface area contributed by atoms with Gasteiger partial charge in [0, 0.05) is 18.6 Å². The van der Waals surface area contributed by atoms with Crippen LogP contribution in [0.4, 0.5) is 10.1 Å². The van der Waals surface area contributed by atoms with Crippen LogP contribution in [0.5, 0.6) is 0 Å². The summed E-state index contributed by atoms with van der Waals surface area (Å²) in [5.41, 5.74) is 2.13. The van der Waals surface area contributed by atoms with Crippen LogP contribution in [-0.2, 0) is 6.54 Å². The van der Waals surface area contributed by atoms with Crippen LogP contribution in [0, 0.1) is 17.1 Å². The first-order valence-electron chi connectivity index (χ1n) is 5.75. The summed E-state index contributed by atoms with van der Waals surface area (Å²) < 4.78 is 13.1. The highest BCUT2D eigenvalue weighted by Gasteiger charge is 2.08. The van der Waals surface area contributed by atoms with Gasteiger partial charge in [-0.25, -0.2) is 4.39 Å². The van der Waals surface area contributed by atoms with Crippen molar-refractivity contribution in [2.75, 3.05) is 11.9 Å². The smallest absolute Gasteiger partial charge is 0.123 e. The lowest BCUT2D eigenvalue weighted by Crippen LogP contribution is -2.17. The fourth-order valence-electron chi connectivity index (χ4n) is 1.93. The van der Waals surface area contributed by atoms with E-state index in [2.05, 4.69) is 6.07 Å². The van der Waals surface area contributed by atoms with E-state index >= 15 is 0 Å². The lowest BCUT2D eigenvalue weighted by atomic mass is 10.1. The molecule has 0 aliphatic rings. The Labute approximate surface area is 116 Å². The molecule has 0 radical (unpaired) electrons. The standard InChI is InChI=1S/C15H12ClFN2/c1-19(10-11-3-2-4-14(17)7-11)15-6-5-13(16)8-12(15)9-18/h2-8H,10H2,1H3. The fraction of sp³-hybridized carbons (Fsp3) is 0.133. The quantitative estimate of drug-likeness (QED) is 0.846. The normalized spacial score (nSPS) is 10.0. The molecule has 2 rings (SSSR count). The number of rotatable bonds is 3. The molecule has 0 unspecified atom stereocenters. The van der Waals surface area contributed by atoms with Gasteiger partial charge in [-0.3, -0.25) is 0 Å². The molecule has 0 N–H and O–H groups in total. The van der Waals surface area contributed by atoms with Gasteiger partial charge in [0.2, 0.25) is 0 Å². The summed E-state index contributed by atoms with van der Waals surface area (Å²) >= 11 is 5.86. The number of nitrogens with zero attached hydrogens (tertiary/aromatic N) is 2. The summed E-state index contributed by atoms with van der Waals surface area (Å²) in [7, 11) is 1.86. The van der Waals surface area contributed by atoms with Crippen LogP contribution in [0.2, 0.25) is 5.02 Å². The van der Waals surface area contributed by atoms with Crippen LogP contribution in [0.15, 0.2) is 42.5 Å². The Hall–Kier alpha value is -2.05. The first-order valence-corrected chi connectivity index (χ1v) is 6.13. The second-order valence-electron chi connectivity index (χ2n) is 4.26. The number of hydrogen-bond donors (Lipinski definition) is 0. The van der Waals surface area contributed by atoms with E-state index < -0.39 is 0 Å². The third kappa shape index (κ3) is 3.24. The maximum atomic E-state index is 13.1. The Morgan fingerprint density at radius 1 is 1.26 bits per heavy atom. The zero-order valence-electron chi connectivity index (χ0n) is 10.4. The van der Waals surface area contributed by atoms with Crippen molar-refractivity contribution in [2.45, 2.75) is 6.54 Å². The maximum Gasteiger partial charge on any atom is 0.123 e. The number of benzene rings is 2. The third-order valence-electron chi connectivity index (χ3n) is 2.80. The Kier molecular flexibility index (Phi) is 4.03. The van der Waals surface area contributed by atoms with E-state index in [1.165, 1.54) is 12.1 Å². The summed E-state index contributed by atoms with van der Waals surface area (Å²) in [6.45, 7) is 0.522. The van der Waals surface area contributed by atoms with Gasteiger partial charge in [-0.1, -0.05) is 23.7 Å². The predicted octanol–water partition coefficient (Wildman–Crippen LogP) is 3.99. The van der Waals surface area contributed by atoms with Crippen molar-refractivity contribution < 1.29 is 4.39 Å². The summed E-state index contributed by atoms with van der Waals surface area (Å²) in [6.07, 6.45) is 0. The fourth-order valence-corrected chi connectivity index (χ4v) is 2.10. The van der Waals surface area contributed by atoms with Crippen LogP contribution in [0.1, 0.15) is 11.1 Å². The van der Waals surface area contributed by atoms with Crippen LogP contribution in [0.3, 0.4) is 0 Å². The van der Waals surface area contributed by atoms with Crippen molar-refractivity contribution in [2.24, 2.45) is 0 Å². The van der Waals surface area contributed by atoms with Crippen LogP contribution in [0.25, 0.3) is 0 Å². The Morgan fingerprint density at radius 2 is 2.05 bits per heavy atom. The lowest BCUT2D eigenvalue weighted by Gasteiger charge is -2.20. The van der Waals surface area contributed by atoms with E-state index in [1.54, 1.807) is 24.3 Å². The number of halogens is 2. The monoisotopic (exact) mass is 274 g/mol. The van der Waals surface area contributed by atoms with E-state index in [9.17, 15) is 4.39 Å². The molecule has 19 heavy (non-hydrogen) atoms. The van der Waals surface area contributed by atoms with Gasteiger partial charge in [-0.15, -0.1) is 0 Å². The highest BCUT2D eigenvalue weighted by atomic mass is 35.5. The largest absolute Gasteiger partial charge is 0.369 e. The van der Waals surface area contributed by atoms with Gasteiger partial charge in [-0.05, 0) is 35.9 Å². The first-order chi connectivity index (χ1) is 9.10. The van der Waals surface area contributed by atoms with Crippen molar-refractivity contribution >= 4 is 17.3 Å². The van der Waals surface area contributed by atoms with Gasteiger partial charge in [0.15, 0.2) is 0 Å². The SMILES string of the molecule is CN(Cc1cccc(F)c1)c1ccc(Cl)cc1C#N. The van der Waals surface area contributed by atoms with Gasteiger partial charge < -0.3 is 4.90 Å². The lowest BCUT2D eigenvalue weighted by molar-refractivity contribution is 0.625. The summed E-state index contributed by atoms with van der Waals surface area (Å²) in [5, 5.41) is 9.63. The van der Waals surface area contributed by atoms with Gasteiger partial charge >= 0.3 is 0 Å². The van der Waals surface area contributed by atoms with Crippen molar-refractivity contribution in [3.05, 3.63) is 64.4 Å². The highest BCUT2D eigenvalue weighted by Crippen LogP contribution is 2.24. The summed E-state index contributed by atoms with van der Waals surface area (Å²) in [6, 6.07) is 13.7. The minimum absolute atomic E-state index is 0.262. The molecule has 2 aromatic rings. The molecular formula is C15H12ClFN2. The van der Waals surface area contributed by atoms with Crippen molar-refractivity contribution in [3.8, 4) is 6.07 Å². The molecule has 0 heterocycles. The molecule has 2 aromatic carbocycles. The Morgan fingerprint density at radius 3 is 2.74 bits per heavy atom. The molecular weight excluding hydrogens is 263 g/mol. The molecule has 0 aliphatic heterocycles. The highest BCUT2D eigenvalue weighted by molar-refractivity contribution is 6.30. The molecule has 0 atom stereocenters. The second kappa shape index (κ2) is 5.73. The zero-order chi connectivity index (χ0) is 13.8. The topological polar surface area (TPSA) is 27.0 Å². The summed E-state index contributed by atoms with van der Waals surface area (Å²) in [4.78, 5) is 1.89. The predicted molar refractivity (Wildman–Crippen MR) is 74.7 cm³/mol. The molecule has 0 aromatic heterocycles. The molecule has 0 aliphatic carbocycles. The third-order valence-corrected chi connectivity index (χ3v) is 3.03. The second-order valence-corrected chi connectivity index (χ2v) is 4.70. The first kappa shape index (κ1) is 13.4. The molecule has 0 bridgehead atoms. The molecule has 96 valence electrons. The molecule has 4 heteroatoms. The summed E-state index contributed by atoms with van der Waals surface area (Å²) in [5.74, 6) is -0.262. The average Bonchev–Trinajstić information content (AvgIpc) is 2.38. The molecule has 0 fully saturated rings. The van der Waals surface area contributed by atoms with Crippen molar-refractivity contribution in [3.63, 3.8) is 0 Å². The minimum Gasteiger partial charge on any atom is -0.369 e. The number of hydrogen-bond acceptors (Lipinski definition) is 2. The average molecular weight is 275 g/mol. The van der Waals surface area contributed by atoms with E-state index in [0.717, 1.165) is 11.3 Å². The van der Waals surface area contributed by atoms with Crippen LogP contribution >= 0.6 is 11.6 Å². The molecule has 0 amide bonds. The van der Waals surface area contributed by atoms with Crippen molar-refractivity contribution in [1.29, 1.82) is 5.26 Å². The van der Waals surface area contributed by atoms with Crippen LogP contribution < -0.4 is 4.90 Å². The Balaban J connectivity index is 2.25. The molecule has 0 spiro atoms. The van der Waals surface area contributed by atoms with Gasteiger partial charge in [0.25, 0.3) is 0 Å². The molecule has 0 saturated heterocycles. The number of anilines is 1. The minimum atomic E-state index is -0.262. The van der Waals surface area contributed by atoms with E-state index in [-0.39, 0.29) is 5.82 Å². The molecule has 0 saturated carbocycles. The van der Waals surface area contributed by atoms with E-state index in [4.69, 9.17) is 16.9 Å². The zero-order valence-corrected chi connectivity index (χ0v) is 11.2. The van der Waals surface area contributed by atoms with E-state index in [1.807, 2.05) is 18.0 Å². The van der Waals surface area contributed by atoms with Gasteiger partial charge in [0.1, 0.15) is 11.9 Å². The molecule has 2 nitrogen and oxygen atoms in total. The van der Waals surface area contributed by atoms with Gasteiger partial charge in [0.05, 0.1) is 11.3 Å². The van der Waals surface area contributed by atoms with Crippen LogP contribution in [-0.4, -0.2) is 7.05 Å². The van der Waals surface area contributed by atoms with Crippen molar-refractivity contribution in [1.82, 2.24) is 0 Å². The number of nitriles is 1.